The number of hydrogen-bond acceptors (Lipinski definition) is 2. The first-order valence-electron chi connectivity index (χ1n) is 5.86. The van der Waals surface area contributed by atoms with Crippen LogP contribution in [0.4, 0.5) is 4.79 Å². The lowest BCUT2D eigenvalue weighted by Crippen LogP contribution is -2.53. The molecule has 3 atom stereocenters. The summed E-state index contributed by atoms with van der Waals surface area (Å²) in [4.78, 5) is 13.6. The summed E-state index contributed by atoms with van der Waals surface area (Å²) in [5.41, 5.74) is -0.241. The van der Waals surface area contributed by atoms with Crippen molar-refractivity contribution < 1.29 is 4.79 Å². The molecule has 0 aromatic heterocycles. The van der Waals surface area contributed by atoms with Crippen LogP contribution in [0.2, 0.25) is 0 Å². The van der Waals surface area contributed by atoms with Crippen molar-refractivity contribution in [2.24, 2.45) is 11.8 Å². The smallest absolute Gasteiger partial charge is 0.312 e. The second-order valence-electron chi connectivity index (χ2n) is 5.05. The maximum Gasteiger partial charge on any atom is 0.323 e. The van der Waals surface area contributed by atoms with E-state index in [2.05, 4.69) is 5.32 Å². The lowest BCUT2D eigenvalue weighted by molar-refractivity contribution is 0.139. The standard InChI is InChI=1S/C11H17N3O/c1-2-14-10(15)13-9(12)11(14)6-7-3-4-8(11)5-7/h7-8H,2-6H2,1H3,(H2,12,13,15). The van der Waals surface area contributed by atoms with Gasteiger partial charge in [-0.25, -0.2) is 4.79 Å². The molecule has 1 spiro atoms. The number of nitrogens with one attached hydrogen (secondary N) is 2. The maximum absolute atomic E-state index is 11.7. The van der Waals surface area contributed by atoms with Crippen LogP contribution in [0.15, 0.2) is 0 Å². The van der Waals surface area contributed by atoms with E-state index in [1.807, 2.05) is 11.8 Å². The number of hydrogen-bond donors (Lipinski definition) is 2. The number of likely N-dealkylation sites (N-methyl/N-ethyl adjacent to an activating group) is 1. The summed E-state index contributed by atoms with van der Waals surface area (Å²) in [5, 5.41) is 10.7. The number of amides is 2. The fraction of sp³-hybridized carbons (Fsp3) is 0.818. The highest BCUT2D eigenvalue weighted by Crippen LogP contribution is 2.54. The van der Waals surface area contributed by atoms with Gasteiger partial charge in [-0.2, -0.15) is 0 Å². The Bertz CT molecular complexity index is 341. The zero-order valence-electron chi connectivity index (χ0n) is 9.05. The van der Waals surface area contributed by atoms with Crippen molar-refractivity contribution >= 4 is 11.9 Å². The molecule has 2 amide bonds. The van der Waals surface area contributed by atoms with Gasteiger partial charge in [0.05, 0.1) is 0 Å². The van der Waals surface area contributed by atoms with Gasteiger partial charge in [-0.05, 0) is 44.4 Å². The lowest BCUT2D eigenvalue weighted by atomic mass is 9.79. The summed E-state index contributed by atoms with van der Waals surface area (Å²) in [6.07, 6.45) is 4.72. The number of amidine groups is 1. The second kappa shape index (κ2) is 2.74. The van der Waals surface area contributed by atoms with Crippen molar-refractivity contribution in [1.82, 2.24) is 10.2 Å². The number of fused-ring (bicyclic) bond motifs is 3. The molecular weight excluding hydrogens is 190 g/mol. The van der Waals surface area contributed by atoms with E-state index in [9.17, 15) is 4.79 Å². The molecule has 3 unspecified atom stereocenters. The molecule has 82 valence electrons. The third-order valence-corrected chi connectivity index (χ3v) is 4.52. The SMILES string of the molecule is CCN1C(=O)NC(=N)C12CC1CCC2C1. The molecule has 0 aromatic rings. The monoisotopic (exact) mass is 207 g/mol. The van der Waals surface area contributed by atoms with Gasteiger partial charge in [0, 0.05) is 6.54 Å². The fourth-order valence-electron chi connectivity index (χ4n) is 3.96. The number of nitrogens with zero attached hydrogens (tertiary/aromatic N) is 1. The Labute approximate surface area is 89.5 Å². The highest BCUT2D eigenvalue weighted by atomic mass is 16.2. The van der Waals surface area contributed by atoms with Gasteiger partial charge in [-0.3, -0.25) is 10.7 Å². The van der Waals surface area contributed by atoms with E-state index in [1.54, 1.807) is 0 Å². The largest absolute Gasteiger partial charge is 0.323 e. The molecule has 3 fully saturated rings. The van der Waals surface area contributed by atoms with E-state index >= 15 is 0 Å². The zero-order valence-corrected chi connectivity index (χ0v) is 9.05. The van der Waals surface area contributed by atoms with Crippen LogP contribution in [0, 0.1) is 17.2 Å². The third kappa shape index (κ3) is 0.924. The van der Waals surface area contributed by atoms with Gasteiger partial charge in [0.25, 0.3) is 0 Å². The topological polar surface area (TPSA) is 56.2 Å². The van der Waals surface area contributed by atoms with E-state index in [-0.39, 0.29) is 11.6 Å². The second-order valence-corrected chi connectivity index (χ2v) is 5.05. The van der Waals surface area contributed by atoms with Crippen LogP contribution in [-0.2, 0) is 0 Å². The Hall–Kier alpha value is -1.06. The highest BCUT2D eigenvalue weighted by Gasteiger charge is 2.61. The van der Waals surface area contributed by atoms with Gasteiger partial charge in [0.15, 0.2) is 0 Å². The van der Waals surface area contributed by atoms with E-state index in [0.29, 0.717) is 11.8 Å². The van der Waals surface area contributed by atoms with Crippen molar-refractivity contribution in [3.63, 3.8) is 0 Å². The average molecular weight is 207 g/mol. The third-order valence-electron chi connectivity index (χ3n) is 4.52. The number of urea groups is 1. The van der Waals surface area contributed by atoms with Crippen LogP contribution < -0.4 is 5.32 Å². The first-order valence-corrected chi connectivity index (χ1v) is 5.86. The normalized spacial score (nSPS) is 43.1. The van der Waals surface area contributed by atoms with Crippen molar-refractivity contribution in [2.45, 2.75) is 38.1 Å². The van der Waals surface area contributed by atoms with Gasteiger partial charge < -0.3 is 4.90 Å². The van der Waals surface area contributed by atoms with Crippen LogP contribution in [0.3, 0.4) is 0 Å². The summed E-state index contributed by atoms with van der Waals surface area (Å²) in [5.74, 6) is 1.74. The molecule has 4 nitrogen and oxygen atoms in total. The minimum absolute atomic E-state index is 0.0601. The van der Waals surface area contributed by atoms with E-state index in [4.69, 9.17) is 5.41 Å². The van der Waals surface area contributed by atoms with Crippen molar-refractivity contribution in [3.05, 3.63) is 0 Å². The molecule has 2 N–H and O–H groups in total. The van der Waals surface area contributed by atoms with Crippen LogP contribution in [0.5, 0.6) is 0 Å². The predicted octanol–water partition coefficient (Wildman–Crippen LogP) is 1.57. The molecule has 2 bridgehead atoms. The van der Waals surface area contributed by atoms with Gasteiger partial charge in [-0.15, -0.1) is 0 Å². The van der Waals surface area contributed by atoms with Crippen LogP contribution in [-0.4, -0.2) is 28.9 Å². The molecule has 1 heterocycles. The average Bonchev–Trinajstić information content (AvgIpc) is 2.83. The Balaban J connectivity index is 2.02. The highest BCUT2D eigenvalue weighted by molar-refractivity contribution is 6.09. The quantitative estimate of drug-likeness (QED) is 0.673. The molecule has 4 heteroatoms. The molecule has 3 aliphatic rings. The Kier molecular flexibility index (Phi) is 1.68. The van der Waals surface area contributed by atoms with Gasteiger partial charge in [-0.1, -0.05) is 0 Å². The molecule has 2 saturated carbocycles. The van der Waals surface area contributed by atoms with Crippen molar-refractivity contribution in [3.8, 4) is 0 Å². The summed E-state index contributed by atoms with van der Waals surface area (Å²) < 4.78 is 0. The minimum Gasteiger partial charge on any atom is -0.312 e. The molecule has 15 heavy (non-hydrogen) atoms. The Morgan fingerprint density at radius 2 is 2.40 bits per heavy atom. The van der Waals surface area contributed by atoms with E-state index in [1.165, 1.54) is 19.3 Å². The predicted molar refractivity (Wildman–Crippen MR) is 56.8 cm³/mol. The molecule has 1 saturated heterocycles. The number of rotatable bonds is 1. The zero-order chi connectivity index (χ0) is 10.6. The molecular formula is C11H17N3O. The van der Waals surface area contributed by atoms with Crippen molar-refractivity contribution in [2.75, 3.05) is 6.54 Å². The van der Waals surface area contributed by atoms with Crippen LogP contribution in [0.1, 0.15) is 32.6 Å². The molecule has 2 aliphatic carbocycles. The van der Waals surface area contributed by atoms with Gasteiger partial charge >= 0.3 is 6.03 Å². The maximum atomic E-state index is 11.7. The fourth-order valence-corrected chi connectivity index (χ4v) is 3.96. The summed E-state index contributed by atoms with van der Waals surface area (Å²) >= 11 is 0. The lowest BCUT2D eigenvalue weighted by Gasteiger charge is -2.39. The summed E-state index contributed by atoms with van der Waals surface area (Å²) in [6, 6.07) is -0.0601. The van der Waals surface area contributed by atoms with E-state index in [0.717, 1.165) is 18.9 Å². The first kappa shape index (κ1) is 9.19. The molecule has 0 aromatic carbocycles. The van der Waals surface area contributed by atoms with Crippen LogP contribution >= 0.6 is 0 Å². The number of carbonyl (C=O) groups excluding carboxylic acids is 1. The minimum atomic E-state index is -0.241. The number of carbonyl (C=O) groups is 1. The first-order chi connectivity index (χ1) is 7.18. The summed E-state index contributed by atoms with van der Waals surface area (Å²) in [6.45, 7) is 2.73. The van der Waals surface area contributed by atoms with Crippen LogP contribution in [0.25, 0.3) is 0 Å². The Morgan fingerprint density at radius 3 is 2.93 bits per heavy atom. The van der Waals surface area contributed by atoms with E-state index < -0.39 is 0 Å². The Morgan fingerprint density at radius 1 is 1.60 bits per heavy atom. The van der Waals surface area contributed by atoms with Gasteiger partial charge in [0.2, 0.25) is 0 Å². The summed E-state index contributed by atoms with van der Waals surface area (Å²) in [7, 11) is 0. The van der Waals surface area contributed by atoms with Crippen molar-refractivity contribution in [1.29, 1.82) is 5.41 Å². The molecule has 3 rings (SSSR count). The molecule has 0 radical (unpaired) electrons. The van der Waals surface area contributed by atoms with Gasteiger partial charge in [0.1, 0.15) is 11.4 Å². The molecule has 1 aliphatic heterocycles.